The number of carbonyl (C=O) groups excluding carboxylic acids is 1. The Labute approximate surface area is 193 Å². The van der Waals surface area contributed by atoms with Gasteiger partial charge in [0.25, 0.3) is 0 Å². The quantitative estimate of drug-likeness (QED) is 0.348. The first-order valence-electron chi connectivity index (χ1n) is 10.2. The molecule has 0 aliphatic heterocycles. The first-order valence-corrected chi connectivity index (χ1v) is 11.3. The van der Waals surface area contributed by atoms with Crippen molar-refractivity contribution in [3.05, 3.63) is 109 Å². The summed E-state index contributed by atoms with van der Waals surface area (Å²) in [7, 11) is -1.62. The van der Waals surface area contributed by atoms with Crippen molar-refractivity contribution in [2.75, 3.05) is 10.0 Å². The maximum atomic E-state index is 14.6. The van der Waals surface area contributed by atoms with Crippen LogP contribution >= 0.6 is 0 Å². The van der Waals surface area contributed by atoms with Gasteiger partial charge in [-0.15, -0.1) is 0 Å². The van der Waals surface area contributed by atoms with E-state index in [-0.39, 0.29) is 12.2 Å². The summed E-state index contributed by atoms with van der Waals surface area (Å²) in [5, 5.41) is 5.12. The van der Waals surface area contributed by atoms with E-state index in [1.807, 2.05) is 48.5 Å². The molecule has 0 spiro atoms. The largest absolute Gasteiger partial charge is 0.334 e. The van der Waals surface area contributed by atoms with E-state index in [2.05, 4.69) is 20.3 Å². The molecular formula is C25H21FN4O2S. The number of hydrogen-bond acceptors (Lipinski definition) is 3. The molecule has 0 aliphatic rings. The second-order valence-electron chi connectivity index (χ2n) is 7.10. The van der Waals surface area contributed by atoms with Crippen molar-refractivity contribution < 1.29 is 13.4 Å². The molecule has 1 aromatic heterocycles. The second-order valence-corrected chi connectivity index (χ2v) is 8.28. The van der Waals surface area contributed by atoms with Crippen LogP contribution in [0.25, 0.3) is 11.1 Å². The predicted octanol–water partition coefficient (Wildman–Crippen LogP) is 5.34. The van der Waals surface area contributed by atoms with E-state index in [0.29, 0.717) is 10.6 Å². The number of urea groups is 1. The molecular weight excluding hydrogens is 439 g/mol. The van der Waals surface area contributed by atoms with Crippen LogP contribution in [-0.4, -0.2) is 15.2 Å². The van der Waals surface area contributed by atoms with Gasteiger partial charge in [0.15, 0.2) is 11.0 Å². The molecule has 33 heavy (non-hydrogen) atoms. The number of halogens is 1. The van der Waals surface area contributed by atoms with E-state index in [4.69, 9.17) is 0 Å². The van der Waals surface area contributed by atoms with E-state index in [9.17, 15) is 13.4 Å². The smallest absolute Gasteiger partial charge is 0.319 e. The van der Waals surface area contributed by atoms with Gasteiger partial charge < -0.3 is 15.4 Å². The molecule has 1 heterocycles. The first-order chi connectivity index (χ1) is 16.1. The molecule has 2 amide bonds. The monoisotopic (exact) mass is 460 g/mol. The molecule has 4 aromatic rings. The van der Waals surface area contributed by atoms with Crippen LogP contribution in [0.2, 0.25) is 0 Å². The minimum absolute atomic E-state index is 0.0136. The number of anilines is 2. The number of hydrogen-bond donors (Lipinski definition) is 3. The number of carbonyl (C=O) groups is 1. The average Bonchev–Trinajstić information content (AvgIpc) is 2.85. The Balaban J connectivity index is 1.42. The van der Waals surface area contributed by atoms with Crippen LogP contribution < -0.4 is 15.4 Å². The van der Waals surface area contributed by atoms with Crippen molar-refractivity contribution in [2.24, 2.45) is 0 Å². The van der Waals surface area contributed by atoms with Gasteiger partial charge >= 0.3 is 6.03 Å². The second kappa shape index (κ2) is 10.5. The molecule has 0 aliphatic carbocycles. The predicted molar refractivity (Wildman–Crippen MR) is 128 cm³/mol. The number of nitrogens with zero attached hydrogens (tertiary/aromatic N) is 1. The summed E-state index contributed by atoms with van der Waals surface area (Å²) in [5.74, 6) is -0.648. The van der Waals surface area contributed by atoms with Crippen LogP contribution in [0.3, 0.4) is 0 Å². The van der Waals surface area contributed by atoms with Crippen LogP contribution in [0.1, 0.15) is 5.56 Å². The van der Waals surface area contributed by atoms with Gasteiger partial charge in [0.2, 0.25) is 0 Å². The summed E-state index contributed by atoms with van der Waals surface area (Å²) in [4.78, 5) is 16.6. The van der Waals surface area contributed by atoms with Crippen LogP contribution in [-0.2, 0) is 17.5 Å². The third-order valence-electron chi connectivity index (χ3n) is 4.78. The average molecular weight is 461 g/mol. The van der Waals surface area contributed by atoms with Gasteiger partial charge in [-0.3, -0.25) is 4.98 Å². The highest BCUT2D eigenvalue weighted by Crippen LogP contribution is 2.27. The van der Waals surface area contributed by atoms with E-state index in [0.717, 1.165) is 16.7 Å². The molecule has 0 saturated heterocycles. The van der Waals surface area contributed by atoms with Crippen molar-refractivity contribution in [2.45, 2.75) is 11.4 Å². The fourth-order valence-corrected chi connectivity index (χ4v) is 4.22. The van der Waals surface area contributed by atoms with Gasteiger partial charge in [-0.1, -0.05) is 54.6 Å². The SMILES string of the molecule is O=C(NCc1cccnc1)Nc1ccc(NS(=O)c2ccccc2-c2ccccc2)cc1F. The molecule has 4 rings (SSSR count). The standard InChI is InChI=1S/C25H21FN4O2S/c26-22-15-20(12-13-23(22)29-25(31)28-17-18-7-6-14-27-16-18)30-33(32)24-11-5-4-10-21(24)19-8-2-1-3-9-19/h1-16,30H,17H2,(H2,28,29,31). The van der Waals surface area contributed by atoms with Crippen molar-refractivity contribution >= 4 is 28.4 Å². The fourth-order valence-electron chi connectivity index (χ4n) is 3.18. The highest BCUT2D eigenvalue weighted by Gasteiger charge is 2.13. The lowest BCUT2D eigenvalue weighted by atomic mass is 10.1. The third-order valence-corrected chi connectivity index (χ3v) is 5.95. The number of benzene rings is 3. The Bertz CT molecular complexity index is 1270. The summed E-state index contributed by atoms with van der Waals surface area (Å²) in [5.41, 5.74) is 2.93. The van der Waals surface area contributed by atoms with Gasteiger partial charge in [0, 0.05) is 30.7 Å². The molecule has 166 valence electrons. The highest BCUT2D eigenvalue weighted by molar-refractivity contribution is 7.86. The number of amides is 2. The Morgan fingerprint density at radius 2 is 1.73 bits per heavy atom. The molecule has 6 nitrogen and oxygen atoms in total. The van der Waals surface area contributed by atoms with Crippen molar-refractivity contribution in [3.8, 4) is 11.1 Å². The topological polar surface area (TPSA) is 83.1 Å². The molecule has 0 bridgehead atoms. The van der Waals surface area contributed by atoms with Crippen molar-refractivity contribution in [1.82, 2.24) is 10.3 Å². The molecule has 0 fully saturated rings. The van der Waals surface area contributed by atoms with E-state index in [1.165, 1.54) is 12.1 Å². The van der Waals surface area contributed by atoms with Gasteiger partial charge in [-0.05, 0) is 41.0 Å². The minimum atomic E-state index is -1.62. The number of pyridine rings is 1. The van der Waals surface area contributed by atoms with Gasteiger partial charge in [0.05, 0.1) is 10.6 Å². The zero-order chi connectivity index (χ0) is 23.0. The summed E-state index contributed by atoms with van der Waals surface area (Å²) in [6.45, 7) is 0.265. The molecule has 3 aromatic carbocycles. The summed E-state index contributed by atoms with van der Waals surface area (Å²) >= 11 is 0. The Hall–Kier alpha value is -4.04. The minimum Gasteiger partial charge on any atom is -0.334 e. The van der Waals surface area contributed by atoms with Crippen LogP contribution in [0.15, 0.2) is 102 Å². The third kappa shape index (κ3) is 5.81. The fraction of sp³-hybridized carbons (Fsp3) is 0.0400. The summed E-state index contributed by atoms with van der Waals surface area (Å²) in [6, 6.07) is 24.2. The van der Waals surface area contributed by atoms with Gasteiger partial charge in [0.1, 0.15) is 5.82 Å². The van der Waals surface area contributed by atoms with Crippen molar-refractivity contribution in [1.29, 1.82) is 0 Å². The Morgan fingerprint density at radius 3 is 2.48 bits per heavy atom. The Morgan fingerprint density at radius 1 is 0.939 bits per heavy atom. The van der Waals surface area contributed by atoms with E-state index >= 15 is 0 Å². The zero-order valence-electron chi connectivity index (χ0n) is 17.5. The summed E-state index contributed by atoms with van der Waals surface area (Å²) < 4.78 is 30.4. The lowest BCUT2D eigenvalue weighted by Crippen LogP contribution is -2.28. The van der Waals surface area contributed by atoms with Crippen LogP contribution in [0, 0.1) is 5.82 Å². The molecule has 8 heteroatoms. The normalized spacial score (nSPS) is 11.4. The maximum Gasteiger partial charge on any atom is 0.319 e. The van der Waals surface area contributed by atoms with Crippen LogP contribution in [0.4, 0.5) is 20.6 Å². The number of nitrogens with one attached hydrogen (secondary N) is 3. The van der Waals surface area contributed by atoms with E-state index < -0.39 is 22.8 Å². The number of aromatic nitrogens is 1. The van der Waals surface area contributed by atoms with Gasteiger partial charge in [-0.25, -0.2) is 13.4 Å². The summed E-state index contributed by atoms with van der Waals surface area (Å²) in [6.07, 6.45) is 3.28. The first kappa shape index (κ1) is 22.2. The Kier molecular flexibility index (Phi) is 7.06. The van der Waals surface area contributed by atoms with Gasteiger partial charge in [-0.2, -0.15) is 0 Å². The highest BCUT2D eigenvalue weighted by atomic mass is 32.2. The molecule has 1 atom stereocenters. The molecule has 0 radical (unpaired) electrons. The lowest BCUT2D eigenvalue weighted by Gasteiger charge is -2.13. The van der Waals surface area contributed by atoms with Crippen LogP contribution in [0.5, 0.6) is 0 Å². The zero-order valence-corrected chi connectivity index (χ0v) is 18.3. The molecule has 1 unspecified atom stereocenters. The van der Waals surface area contributed by atoms with E-state index in [1.54, 1.807) is 36.7 Å². The maximum absolute atomic E-state index is 14.6. The lowest BCUT2D eigenvalue weighted by molar-refractivity contribution is 0.251. The molecule has 0 saturated carbocycles. The molecule has 3 N–H and O–H groups in total. The number of rotatable bonds is 7. The van der Waals surface area contributed by atoms with Crippen molar-refractivity contribution in [3.63, 3.8) is 0 Å².